The van der Waals surface area contributed by atoms with Gasteiger partial charge in [-0.05, 0) is 19.3 Å². The summed E-state index contributed by atoms with van der Waals surface area (Å²) >= 11 is 0. The van der Waals surface area contributed by atoms with E-state index < -0.39 is 0 Å². The Balaban J connectivity index is 1.59. The van der Waals surface area contributed by atoms with Gasteiger partial charge in [-0.15, -0.1) is 0 Å². The molecular weight excluding hydrogens is 298 g/mol. The molecule has 3 heterocycles. The maximum atomic E-state index is 12.5. The summed E-state index contributed by atoms with van der Waals surface area (Å²) < 4.78 is 5.17. The fourth-order valence-electron chi connectivity index (χ4n) is 3.08. The van der Waals surface area contributed by atoms with E-state index in [1.807, 2.05) is 11.8 Å². The molecule has 2 fully saturated rings. The summed E-state index contributed by atoms with van der Waals surface area (Å²) in [6.45, 7) is 4.76. The maximum Gasteiger partial charge on any atom is 0.317 e. The monoisotopic (exact) mass is 321 g/mol. The highest BCUT2D eigenvalue weighted by molar-refractivity contribution is 5.84. The van der Waals surface area contributed by atoms with Gasteiger partial charge in [-0.2, -0.15) is 4.98 Å². The van der Waals surface area contributed by atoms with Gasteiger partial charge in [0.15, 0.2) is 5.82 Å². The molecule has 0 aromatic carbocycles. The first-order valence-corrected chi connectivity index (χ1v) is 8.30. The van der Waals surface area contributed by atoms with Crippen LogP contribution in [0, 0.1) is 0 Å². The van der Waals surface area contributed by atoms with Crippen molar-refractivity contribution in [2.75, 3.05) is 32.7 Å². The molecule has 0 aliphatic carbocycles. The van der Waals surface area contributed by atoms with E-state index in [-0.39, 0.29) is 24.4 Å². The van der Waals surface area contributed by atoms with Crippen molar-refractivity contribution in [3.05, 3.63) is 11.7 Å². The third-order valence-corrected chi connectivity index (χ3v) is 4.42. The molecule has 2 saturated heterocycles. The lowest BCUT2D eigenvalue weighted by molar-refractivity contribution is -0.133. The number of hydrogen-bond acceptors (Lipinski definition) is 5. The van der Waals surface area contributed by atoms with Crippen molar-refractivity contribution in [2.45, 2.75) is 38.5 Å². The molecule has 1 atom stereocenters. The highest BCUT2D eigenvalue weighted by Gasteiger charge is 2.29. The molecule has 0 saturated carbocycles. The van der Waals surface area contributed by atoms with E-state index in [1.54, 1.807) is 4.90 Å². The van der Waals surface area contributed by atoms with Crippen molar-refractivity contribution in [2.24, 2.45) is 0 Å². The summed E-state index contributed by atoms with van der Waals surface area (Å²) in [6.07, 6.45) is 3.46. The molecule has 0 radical (unpaired) electrons. The number of hydrogen-bond donors (Lipinski definition) is 1. The molecule has 8 heteroatoms. The zero-order valence-electron chi connectivity index (χ0n) is 13.5. The Hall–Kier alpha value is -2.12. The number of amides is 3. The summed E-state index contributed by atoms with van der Waals surface area (Å²) in [5.74, 6) is 1.43. The van der Waals surface area contributed by atoms with E-state index in [0.29, 0.717) is 37.8 Å². The van der Waals surface area contributed by atoms with Crippen LogP contribution in [-0.2, 0) is 11.2 Å². The number of aryl methyl sites for hydroxylation is 1. The minimum atomic E-state index is -0.149. The zero-order valence-corrected chi connectivity index (χ0v) is 13.5. The largest absolute Gasteiger partial charge is 0.340 e. The highest BCUT2D eigenvalue weighted by atomic mass is 16.5. The van der Waals surface area contributed by atoms with E-state index in [4.69, 9.17) is 4.52 Å². The Morgan fingerprint density at radius 3 is 3.00 bits per heavy atom. The number of rotatable bonds is 4. The lowest BCUT2D eigenvalue weighted by Gasteiger charge is -2.34. The molecule has 0 unspecified atom stereocenters. The van der Waals surface area contributed by atoms with Crippen LogP contribution in [-0.4, -0.2) is 64.6 Å². The van der Waals surface area contributed by atoms with Gasteiger partial charge < -0.3 is 19.6 Å². The molecular formula is C15H23N5O3. The Morgan fingerprint density at radius 2 is 2.26 bits per heavy atom. The molecule has 0 bridgehead atoms. The molecule has 2 aliphatic rings. The average Bonchev–Trinajstić information content (AvgIpc) is 3.06. The van der Waals surface area contributed by atoms with Crippen LogP contribution in [0.1, 0.15) is 43.8 Å². The van der Waals surface area contributed by atoms with Crippen LogP contribution in [0.25, 0.3) is 0 Å². The van der Waals surface area contributed by atoms with Crippen LogP contribution in [0.2, 0.25) is 0 Å². The number of nitrogens with zero attached hydrogens (tertiary/aromatic N) is 4. The summed E-state index contributed by atoms with van der Waals surface area (Å²) in [5, 5.41) is 6.80. The van der Waals surface area contributed by atoms with Crippen LogP contribution in [0.4, 0.5) is 4.79 Å². The molecule has 1 aromatic rings. The second-order valence-corrected chi connectivity index (χ2v) is 6.09. The van der Waals surface area contributed by atoms with E-state index in [1.165, 1.54) is 0 Å². The number of piperidine rings is 1. The summed E-state index contributed by atoms with van der Waals surface area (Å²) in [6, 6.07) is -0.149. The fraction of sp³-hybridized carbons (Fsp3) is 0.733. The van der Waals surface area contributed by atoms with Gasteiger partial charge in [-0.25, -0.2) is 4.79 Å². The number of nitrogens with one attached hydrogen (secondary N) is 1. The second kappa shape index (κ2) is 6.97. The van der Waals surface area contributed by atoms with Gasteiger partial charge in [0.2, 0.25) is 11.8 Å². The van der Waals surface area contributed by atoms with Gasteiger partial charge in [0.25, 0.3) is 0 Å². The number of urea groups is 1. The molecule has 8 nitrogen and oxygen atoms in total. The lowest BCUT2D eigenvalue weighted by Crippen LogP contribution is -2.51. The van der Waals surface area contributed by atoms with Crippen LogP contribution in [0.3, 0.4) is 0 Å². The molecule has 1 aromatic heterocycles. The Bertz CT molecular complexity index is 573. The summed E-state index contributed by atoms with van der Waals surface area (Å²) in [7, 11) is 0. The molecule has 2 aliphatic heterocycles. The van der Waals surface area contributed by atoms with E-state index in [0.717, 1.165) is 25.8 Å². The lowest BCUT2D eigenvalue weighted by atomic mass is 9.97. The zero-order chi connectivity index (χ0) is 16.2. The Labute approximate surface area is 135 Å². The Morgan fingerprint density at radius 1 is 1.39 bits per heavy atom. The van der Waals surface area contributed by atoms with Gasteiger partial charge in [0, 0.05) is 38.5 Å². The molecule has 23 heavy (non-hydrogen) atoms. The van der Waals surface area contributed by atoms with Crippen LogP contribution >= 0.6 is 0 Å². The van der Waals surface area contributed by atoms with Crippen LogP contribution in [0.5, 0.6) is 0 Å². The quantitative estimate of drug-likeness (QED) is 0.883. The molecule has 1 N–H and O–H groups in total. The summed E-state index contributed by atoms with van der Waals surface area (Å²) in [5.41, 5.74) is 0. The highest BCUT2D eigenvalue weighted by Crippen LogP contribution is 2.25. The van der Waals surface area contributed by atoms with Crippen LogP contribution in [0.15, 0.2) is 4.52 Å². The number of aromatic nitrogens is 2. The number of likely N-dealkylation sites (tertiary alicyclic amines) is 1. The van der Waals surface area contributed by atoms with Gasteiger partial charge in [-0.1, -0.05) is 12.1 Å². The maximum absolute atomic E-state index is 12.5. The number of carbonyl (C=O) groups excluding carboxylic acids is 2. The van der Waals surface area contributed by atoms with Crippen molar-refractivity contribution in [1.82, 2.24) is 25.3 Å². The van der Waals surface area contributed by atoms with E-state index in [9.17, 15) is 9.59 Å². The molecule has 126 valence electrons. The molecule has 0 spiro atoms. The van der Waals surface area contributed by atoms with Crippen molar-refractivity contribution in [3.8, 4) is 0 Å². The first-order chi connectivity index (χ1) is 11.2. The topological polar surface area (TPSA) is 91.6 Å². The smallest absolute Gasteiger partial charge is 0.317 e. The van der Waals surface area contributed by atoms with Gasteiger partial charge in [0.05, 0.1) is 0 Å². The van der Waals surface area contributed by atoms with Gasteiger partial charge >= 0.3 is 6.03 Å². The standard InChI is InChI=1S/C15H23N5O3/c1-2-12-17-14(18-23-12)11-5-3-7-19(9-11)13(21)10-20-8-4-6-16-15(20)22/h11H,2-10H2,1H3,(H,16,22)/t11-/m0/s1. The first-order valence-electron chi connectivity index (χ1n) is 8.30. The van der Waals surface area contributed by atoms with Crippen LogP contribution < -0.4 is 5.32 Å². The fourth-order valence-corrected chi connectivity index (χ4v) is 3.08. The summed E-state index contributed by atoms with van der Waals surface area (Å²) in [4.78, 5) is 32.0. The van der Waals surface area contributed by atoms with Crippen molar-refractivity contribution < 1.29 is 14.1 Å². The SMILES string of the molecule is CCc1nc([C@H]2CCCN(C(=O)CN3CCCNC3=O)C2)no1. The van der Waals surface area contributed by atoms with E-state index >= 15 is 0 Å². The third-order valence-electron chi connectivity index (χ3n) is 4.42. The Kier molecular flexibility index (Phi) is 4.78. The predicted molar refractivity (Wildman–Crippen MR) is 81.8 cm³/mol. The normalized spacial score (nSPS) is 22.1. The van der Waals surface area contributed by atoms with Crippen molar-refractivity contribution in [1.29, 1.82) is 0 Å². The van der Waals surface area contributed by atoms with Crippen molar-refractivity contribution >= 4 is 11.9 Å². The molecule has 3 rings (SSSR count). The van der Waals surface area contributed by atoms with Crippen molar-refractivity contribution in [3.63, 3.8) is 0 Å². The second-order valence-electron chi connectivity index (χ2n) is 6.09. The average molecular weight is 321 g/mol. The first kappa shape index (κ1) is 15.8. The van der Waals surface area contributed by atoms with Gasteiger partial charge in [-0.3, -0.25) is 4.79 Å². The van der Waals surface area contributed by atoms with E-state index in [2.05, 4.69) is 15.5 Å². The molecule has 3 amide bonds. The van der Waals surface area contributed by atoms with Gasteiger partial charge in [0.1, 0.15) is 6.54 Å². The third kappa shape index (κ3) is 3.62. The predicted octanol–water partition coefficient (Wildman–Crippen LogP) is 0.753. The number of carbonyl (C=O) groups is 2. The minimum absolute atomic E-state index is 0.00837. The minimum Gasteiger partial charge on any atom is -0.340 e.